The van der Waals surface area contributed by atoms with Crippen LogP contribution in [0.2, 0.25) is 0 Å². The average molecular weight is 262 g/mol. The fourth-order valence-corrected chi connectivity index (χ4v) is 3.24. The number of nitriles is 1. The largest absolute Gasteiger partial charge is 0.480 e. The maximum absolute atomic E-state index is 11.5. The molecule has 5 heteroatoms. The number of hydrogen-bond donors (Lipinski definition) is 2. The lowest BCUT2D eigenvalue weighted by Gasteiger charge is -2.34. The number of nitrogens with zero attached hydrogens (tertiary/aromatic N) is 1. The number of rotatable bonds is 3. The summed E-state index contributed by atoms with van der Waals surface area (Å²) in [5.41, 5.74) is 0.341. The van der Waals surface area contributed by atoms with Crippen molar-refractivity contribution in [1.29, 1.82) is 5.26 Å². The fourth-order valence-electron chi connectivity index (χ4n) is 2.05. The maximum Gasteiger partial charge on any atom is 0.329 e. The highest BCUT2D eigenvalue weighted by atomic mass is 32.2. The Morgan fingerprint density at radius 1 is 1.44 bits per heavy atom. The Labute approximate surface area is 110 Å². The Bertz CT molecular complexity index is 490. The van der Waals surface area contributed by atoms with E-state index in [0.29, 0.717) is 24.1 Å². The summed E-state index contributed by atoms with van der Waals surface area (Å²) in [7, 11) is 0. The van der Waals surface area contributed by atoms with Gasteiger partial charge in [-0.25, -0.2) is 4.79 Å². The van der Waals surface area contributed by atoms with Crippen molar-refractivity contribution in [2.45, 2.75) is 18.4 Å². The molecule has 1 aliphatic heterocycles. The monoisotopic (exact) mass is 262 g/mol. The normalized spacial score (nSPS) is 17.7. The third kappa shape index (κ3) is 2.59. The van der Waals surface area contributed by atoms with Gasteiger partial charge in [-0.05, 0) is 42.5 Å². The van der Waals surface area contributed by atoms with Crippen molar-refractivity contribution >= 4 is 23.4 Å². The molecular formula is C13H14N2O2S. The molecule has 0 radical (unpaired) electrons. The van der Waals surface area contributed by atoms with Crippen LogP contribution in [0, 0.1) is 11.3 Å². The molecule has 0 spiro atoms. The lowest BCUT2D eigenvalue weighted by molar-refractivity contribution is -0.142. The molecule has 1 aromatic rings. The molecule has 0 bridgehead atoms. The van der Waals surface area contributed by atoms with E-state index in [1.807, 2.05) is 0 Å². The highest BCUT2D eigenvalue weighted by Gasteiger charge is 2.39. The van der Waals surface area contributed by atoms with Crippen LogP contribution in [0.15, 0.2) is 24.3 Å². The smallest absolute Gasteiger partial charge is 0.329 e. The van der Waals surface area contributed by atoms with Gasteiger partial charge in [0.05, 0.1) is 11.6 Å². The highest BCUT2D eigenvalue weighted by molar-refractivity contribution is 7.99. The number of hydrogen-bond acceptors (Lipinski definition) is 4. The van der Waals surface area contributed by atoms with Crippen LogP contribution in [0.1, 0.15) is 18.4 Å². The number of carboxylic acid groups (broad SMARTS) is 1. The zero-order chi connectivity index (χ0) is 13.0. The van der Waals surface area contributed by atoms with Gasteiger partial charge < -0.3 is 10.4 Å². The number of benzene rings is 1. The predicted molar refractivity (Wildman–Crippen MR) is 71.7 cm³/mol. The number of anilines is 1. The van der Waals surface area contributed by atoms with E-state index in [0.717, 1.165) is 11.5 Å². The standard InChI is InChI=1S/C13H14N2O2S/c14-9-10-2-1-3-11(8-10)15-13(12(16)17)4-6-18-7-5-13/h1-3,8,15H,4-7H2,(H,16,17). The highest BCUT2D eigenvalue weighted by Crippen LogP contribution is 2.31. The van der Waals surface area contributed by atoms with Crippen molar-refractivity contribution < 1.29 is 9.90 Å². The van der Waals surface area contributed by atoms with Crippen LogP contribution >= 0.6 is 11.8 Å². The molecule has 1 aromatic carbocycles. The summed E-state index contributed by atoms with van der Waals surface area (Å²) < 4.78 is 0. The summed E-state index contributed by atoms with van der Waals surface area (Å²) in [6.07, 6.45) is 1.20. The van der Waals surface area contributed by atoms with Crippen LogP contribution in [0.5, 0.6) is 0 Å². The van der Waals surface area contributed by atoms with E-state index in [9.17, 15) is 9.90 Å². The first kappa shape index (κ1) is 12.8. The second-order valence-electron chi connectivity index (χ2n) is 4.32. The summed E-state index contributed by atoms with van der Waals surface area (Å²) in [5, 5.41) is 21.4. The van der Waals surface area contributed by atoms with Gasteiger partial charge in [0.15, 0.2) is 0 Å². The first-order valence-corrected chi connectivity index (χ1v) is 6.91. The van der Waals surface area contributed by atoms with E-state index in [-0.39, 0.29) is 0 Å². The first-order chi connectivity index (χ1) is 8.66. The van der Waals surface area contributed by atoms with Gasteiger partial charge in [0.25, 0.3) is 0 Å². The Hall–Kier alpha value is -1.67. The molecule has 94 valence electrons. The van der Waals surface area contributed by atoms with Gasteiger partial charge in [-0.2, -0.15) is 17.0 Å². The van der Waals surface area contributed by atoms with Crippen LogP contribution in [0.4, 0.5) is 5.69 Å². The molecule has 2 rings (SSSR count). The average Bonchev–Trinajstić information content (AvgIpc) is 2.40. The minimum atomic E-state index is -0.890. The van der Waals surface area contributed by atoms with Crippen molar-refractivity contribution in [3.05, 3.63) is 29.8 Å². The Morgan fingerprint density at radius 2 is 2.17 bits per heavy atom. The number of thioether (sulfide) groups is 1. The van der Waals surface area contributed by atoms with Crippen LogP contribution in [0.25, 0.3) is 0 Å². The van der Waals surface area contributed by atoms with E-state index in [1.54, 1.807) is 36.0 Å². The molecule has 18 heavy (non-hydrogen) atoms. The zero-order valence-electron chi connectivity index (χ0n) is 9.85. The van der Waals surface area contributed by atoms with E-state index in [1.165, 1.54) is 0 Å². The van der Waals surface area contributed by atoms with E-state index >= 15 is 0 Å². The van der Waals surface area contributed by atoms with Gasteiger partial charge >= 0.3 is 5.97 Å². The molecule has 1 aliphatic rings. The molecule has 1 heterocycles. The van der Waals surface area contributed by atoms with Crippen LogP contribution in [0.3, 0.4) is 0 Å². The molecule has 2 N–H and O–H groups in total. The van der Waals surface area contributed by atoms with Crippen molar-refractivity contribution in [2.24, 2.45) is 0 Å². The molecule has 0 atom stereocenters. The van der Waals surface area contributed by atoms with Gasteiger partial charge in [0.2, 0.25) is 0 Å². The molecule has 0 aromatic heterocycles. The minimum absolute atomic E-state index is 0.533. The summed E-state index contributed by atoms with van der Waals surface area (Å²) >= 11 is 1.78. The van der Waals surface area contributed by atoms with Crippen molar-refractivity contribution in [2.75, 3.05) is 16.8 Å². The molecular weight excluding hydrogens is 248 g/mol. The van der Waals surface area contributed by atoms with Gasteiger partial charge in [0.1, 0.15) is 5.54 Å². The molecule has 1 fully saturated rings. The molecule has 0 unspecified atom stereocenters. The lowest BCUT2D eigenvalue weighted by atomic mass is 9.92. The number of carbonyl (C=O) groups is 1. The molecule has 1 saturated heterocycles. The van der Waals surface area contributed by atoms with Gasteiger partial charge in [0, 0.05) is 5.69 Å². The van der Waals surface area contributed by atoms with E-state index < -0.39 is 11.5 Å². The molecule has 0 saturated carbocycles. The SMILES string of the molecule is N#Cc1cccc(NC2(C(=O)O)CCSCC2)c1. The van der Waals surface area contributed by atoms with Gasteiger partial charge in [-0.1, -0.05) is 6.07 Å². The Balaban J connectivity index is 2.23. The van der Waals surface area contributed by atoms with E-state index in [2.05, 4.69) is 11.4 Å². The lowest BCUT2D eigenvalue weighted by Crippen LogP contribution is -2.49. The summed E-state index contributed by atoms with van der Waals surface area (Å²) in [5.74, 6) is 0.874. The number of carboxylic acids is 1. The summed E-state index contributed by atoms with van der Waals surface area (Å²) in [4.78, 5) is 11.5. The third-order valence-electron chi connectivity index (χ3n) is 3.13. The second-order valence-corrected chi connectivity index (χ2v) is 5.54. The van der Waals surface area contributed by atoms with Gasteiger partial charge in [-0.15, -0.1) is 0 Å². The number of aliphatic carboxylic acids is 1. The van der Waals surface area contributed by atoms with Crippen molar-refractivity contribution in [1.82, 2.24) is 0 Å². The van der Waals surface area contributed by atoms with Crippen LogP contribution < -0.4 is 5.32 Å². The first-order valence-electron chi connectivity index (χ1n) is 5.76. The topological polar surface area (TPSA) is 73.1 Å². The summed E-state index contributed by atoms with van der Waals surface area (Å²) in [6.45, 7) is 0. The van der Waals surface area contributed by atoms with Crippen LogP contribution in [-0.2, 0) is 4.79 Å². The second kappa shape index (κ2) is 5.32. The Morgan fingerprint density at radius 3 is 2.78 bits per heavy atom. The summed E-state index contributed by atoms with van der Waals surface area (Å²) in [6, 6.07) is 9.00. The fraction of sp³-hybridized carbons (Fsp3) is 0.385. The molecule has 0 aliphatic carbocycles. The molecule has 4 nitrogen and oxygen atoms in total. The predicted octanol–water partition coefficient (Wildman–Crippen LogP) is 2.32. The van der Waals surface area contributed by atoms with Crippen molar-refractivity contribution in [3.8, 4) is 6.07 Å². The van der Waals surface area contributed by atoms with Crippen molar-refractivity contribution in [3.63, 3.8) is 0 Å². The maximum atomic E-state index is 11.5. The van der Waals surface area contributed by atoms with Crippen LogP contribution in [-0.4, -0.2) is 28.1 Å². The molecule has 0 amide bonds. The van der Waals surface area contributed by atoms with Gasteiger partial charge in [-0.3, -0.25) is 0 Å². The quantitative estimate of drug-likeness (QED) is 0.874. The Kier molecular flexibility index (Phi) is 3.78. The van der Waals surface area contributed by atoms with E-state index in [4.69, 9.17) is 5.26 Å². The minimum Gasteiger partial charge on any atom is -0.480 e. The zero-order valence-corrected chi connectivity index (χ0v) is 10.7. The number of nitrogens with one attached hydrogen (secondary N) is 1. The third-order valence-corrected chi connectivity index (χ3v) is 4.12.